The van der Waals surface area contributed by atoms with Crippen LogP contribution in [0.4, 0.5) is 0 Å². The molecule has 0 bridgehead atoms. The Labute approximate surface area is 152 Å². The van der Waals surface area contributed by atoms with E-state index in [4.69, 9.17) is 27.9 Å². The number of nitrogens with one attached hydrogen (secondary N) is 1. The Bertz CT molecular complexity index is 823. The normalized spacial score (nSPS) is 11.5. The van der Waals surface area contributed by atoms with Gasteiger partial charge in [-0.1, -0.05) is 35.3 Å². The third kappa shape index (κ3) is 5.67. The first-order valence-corrected chi connectivity index (χ1v) is 9.79. The van der Waals surface area contributed by atoms with E-state index in [0.29, 0.717) is 15.6 Å². The van der Waals surface area contributed by atoms with Crippen LogP contribution in [0.25, 0.3) is 0 Å². The number of aryl methyl sites for hydroxylation is 2. The van der Waals surface area contributed by atoms with Gasteiger partial charge in [0.1, 0.15) is 12.4 Å². The summed E-state index contributed by atoms with van der Waals surface area (Å²) in [6.45, 7) is 4.45. The second-order valence-corrected chi connectivity index (χ2v) is 8.13. The van der Waals surface area contributed by atoms with E-state index in [9.17, 15) is 8.42 Å². The van der Waals surface area contributed by atoms with Crippen molar-refractivity contribution in [1.82, 2.24) is 4.72 Å². The highest BCUT2D eigenvalue weighted by atomic mass is 35.5. The summed E-state index contributed by atoms with van der Waals surface area (Å²) < 4.78 is 32.2. The van der Waals surface area contributed by atoms with Gasteiger partial charge < -0.3 is 4.74 Å². The summed E-state index contributed by atoms with van der Waals surface area (Å²) in [5, 5.41) is 0.801. The topological polar surface area (TPSA) is 55.4 Å². The van der Waals surface area contributed by atoms with E-state index < -0.39 is 10.0 Å². The number of rotatable bonds is 7. The van der Waals surface area contributed by atoms with Crippen molar-refractivity contribution in [3.63, 3.8) is 0 Å². The smallest absolute Gasteiger partial charge is 0.215 e. The number of hydrogen-bond donors (Lipinski definition) is 1. The van der Waals surface area contributed by atoms with Gasteiger partial charge in [0.05, 0.1) is 5.75 Å². The van der Waals surface area contributed by atoms with Gasteiger partial charge in [0.2, 0.25) is 10.0 Å². The van der Waals surface area contributed by atoms with Gasteiger partial charge in [0, 0.05) is 16.6 Å². The maximum absolute atomic E-state index is 12.1. The summed E-state index contributed by atoms with van der Waals surface area (Å²) >= 11 is 11.8. The fourth-order valence-electron chi connectivity index (χ4n) is 2.06. The molecule has 2 aromatic rings. The molecule has 130 valence electrons. The monoisotopic (exact) mass is 387 g/mol. The largest absolute Gasteiger partial charge is 0.492 e. The molecule has 0 saturated heterocycles. The molecule has 0 heterocycles. The van der Waals surface area contributed by atoms with Crippen molar-refractivity contribution in [2.24, 2.45) is 0 Å². The summed E-state index contributed by atoms with van der Waals surface area (Å²) in [6, 6.07) is 10.5. The lowest BCUT2D eigenvalue weighted by atomic mass is 10.1. The van der Waals surface area contributed by atoms with Crippen LogP contribution in [0.1, 0.15) is 16.7 Å². The number of hydrogen-bond acceptors (Lipinski definition) is 3. The highest BCUT2D eigenvalue weighted by Crippen LogP contribution is 2.22. The molecule has 0 amide bonds. The van der Waals surface area contributed by atoms with E-state index in [2.05, 4.69) is 4.72 Å². The Morgan fingerprint density at radius 2 is 1.79 bits per heavy atom. The van der Waals surface area contributed by atoms with Crippen molar-refractivity contribution in [1.29, 1.82) is 0 Å². The van der Waals surface area contributed by atoms with Gasteiger partial charge in [0.25, 0.3) is 0 Å². The van der Waals surface area contributed by atoms with Crippen molar-refractivity contribution in [3.8, 4) is 5.75 Å². The van der Waals surface area contributed by atoms with Crippen LogP contribution in [0.5, 0.6) is 5.75 Å². The zero-order chi connectivity index (χ0) is 17.7. The number of halogens is 2. The van der Waals surface area contributed by atoms with Gasteiger partial charge in [-0.3, -0.25) is 0 Å². The van der Waals surface area contributed by atoms with Crippen molar-refractivity contribution in [2.45, 2.75) is 19.6 Å². The first-order valence-electron chi connectivity index (χ1n) is 7.38. The predicted octanol–water partition coefficient (Wildman–Crippen LogP) is 4.11. The standard InChI is InChI=1S/C17H19Cl2NO3S/c1-12-3-6-16(9-13(12)2)23-8-7-20-24(21,22)11-14-4-5-15(18)10-17(14)19/h3-6,9-10,20H,7-8,11H2,1-2H3. The summed E-state index contributed by atoms with van der Waals surface area (Å²) in [5.41, 5.74) is 2.82. The van der Waals surface area contributed by atoms with Crippen molar-refractivity contribution < 1.29 is 13.2 Å². The zero-order valence-electron chi connectivity index (χ0n) is 13.5. The second kappa shape index (κ2) is 8.21. The molecule has 2 aromatic carbocycles. The molecule has 0 fully saturated rings. The minimum Gasteiger partial charge on any atom is -0.492 e. The van der Waals surface area contributed by atoms with Gasteiger partial charge in [-0.05, 0) is 54.8 Å². The molecule has 1 N–H and O–H groups in total. The minimum absolute atomic E-state index is 0.181. The van der Waals surface area contributed by atoms with Gasteiger partial charge in [0.15, 0.2) is 0 Å². The molecule has 0 aliphatic rings. The van der Waals surface area contributed by atoms with Crippen LogP contribution in [0, 0.1) is 13.8 Å². The molecular weight excluding hydrogens is 369 g/mol. The van der Waals surface area contributed by atoms with Gasteiger partial charge in [-0.25, -0.2) is 13.1 Å². The molecule has 2 rings (SSSR count). The lowest BCUT2D eigenvalue weighted by Crippen LogP contribution is -2.29. The first-order chi connectivity index (χ1) is 11.3. The first kappa shape index (κ1) is 19.1. The van der Waals surface area contributed by atoms with Crippen LogP contribution in [0.2, 0.25) is 10.0 Å². The van der Waals surface area contributed by atoms with Crippen molar-refractivity contribution in [3.05, 3.63) is 63.1 Å². The molecule has 0 aliphatic heterocycles. The lowest BCUT2D eigenvalue weighted by molar-refractivity contribution is 0.322. The Morgan fingerprint density at radius 1 is 1.04 bits per heavy atom. The summed E-state index contributed by atoms with van der Waals surface area (Å²) in [4.78, 5) is 0. The van der Waals surface area contributed by atoms with Crippen LogP contribution in [-0.4, -0.2) is 21.6 Å². The average molecular weight is 388 g/mol. The number of benzene rings is 2. The van der Waals surface area contributed by atoms with E-state index in [1.54, 1.807) is 12.1 Å². The van der Waals surface area contributed by atoms with E-state index in [1.807, 2.05) is 32.0 Å². The SMILES string of the molecule is Cc1ccc(OCCNS(=O)(=O)Cc2ccc(Cl)cc2Cl)cc1C. The van der Waals surface area contributed by atoms with Crippen molar-refractivity contribution in [2.75, 3.05) is 13.2 Å². The van der Waals surface area contributed by atoms with Crippen LogP contribution in [0.15, 0.2) is 36.4 Å². The fourth-order valence-corrected chi connectivity index (χ4v) is 3.78. The van der Waals surface area contributed by atoms with Crippen LogP contribution < -0.4 is 9.46 Å². The third-order valence-electron chi connectivity index (χ3n) is 3.53. The minimum atomic E-state index is -3.50. The molecular formula is C17H19Cl2NO3S. The van der Waals surface area contributed by atoms with Gasteiger partial charge in [-0.15, -0.1) is 0 Å². The zero-order valence-corrected chi connectivity index (χ0v) is 15.8. The molecule has 0 saturated carbocycles. The second-order valence-electron chi connectivity index (χ2n) is 5.48. The Morgan fingerprint density at radius 3 is 2.46 bits per heavy atom. The maximum atomic E-state index is 12.1. The summed E-state index contributed by atoms with van der Waals surface area (Å²) in [7, 11) is -3.50. The maximum Gasteiger partial charge on any atom is 0.215 e. The van der Waals surface area contributed by atoms with Crippen molar-refractivity contribution >= 4 is 33.2 Å². The number of ether oxygens (including phenoxy) is 1. The Balaban J connectivity index is 1.85. The molecule has 0 atom stereocenters. The van der Waals surface area contributed by atoms with E-state index >= 15 is 0 Å². The molecule has 0 spiro atoms. The third-order valence-corrected chi connectivity index (χ3v) is 5.45. The van der Waals surface area contributed by atoms with Gasteiger partial charge in [-0.2, -0.15) is 0 Å². The molecule has 0 radical (unpaired) electrons. The van der Waals surface area contributed by atoms with E-state index in [1.165, 1.54) is 11.6 Å². The highest BCUT2D eigenvalue weighted by molar-refractivity contribution is 7.88. The molecule has 0 aromatic heterocycles. The quantitative estimate of drug-likeness (QED) is 0.727. The highest BCUT2D eigenvalue weighted by Gasteiger charge is 2.13. The average Bonchev–Trinajstić information content (AvgIpc) is 2.50. The lowest BCUT2D eigenvalue weighted by Gasteiger charge is -2.10. The number of sulfonamides is 1. The van der Waals surface area contributed by atoms with E-state index in [0.717, 1.165) is 11.3 Å². The molecule has 7 heteroatoms. The van der Waals surface area contributed by atoms with Crippen LogP contribution in [0.3, 0.4) is 0 Å². The molecule has 4 nitrogen and oxygen atoms in total. The Hall–Kier alpha value is -1.27. The fraction of sp³-hybridized carbons (Fsp3) is 0.294. The Kier molecular flexibility index (Phi) is 6.52. The molecule has 0 aliphatic carbocycles. The van der Waals surface area contributed by atoms with Crippen LogP contribution >= 0.6 is 23.2 Å². The van der Waals surface area contributed by atoms with Crippen LogP contribution in [-0.2, 0) is 15.8 Å². The van der Waals surface area contributed by atoms with Gasteiger partial charge >= 0.3 is 0 Å². The van der Waals surface area contributed by atoms with E-state index in [-0.39, 0.29) is 18.9 Å². The summed E-state index contributed by atoms with van der Waals surface area (Å²) in [5.74, 6) is 0.519. The summed E-state index contributed by atoms with van der Waals surface area (Å²) in [6.07, 6.45) is 0. The molecule has 24 heavy (non-hydrogen) atoms. The molecule has 0 unspecified atom stereocenters. The predicted molar refractivity (Wildman–Crippen MR) is 98.5 cm³/mol.